The molecule has 4 nitrogen and oxygen atoms in total. The van der Waals surface area contributed by atoms with Gasteiger partial charge in [-0.2, -0.15) is 8.78 Å². The summed E-state index contributed by atoms with van der Waals surface area (Å²) in [6.45, 7) is -1.04. The Morgan fingerprint density at radius 1 is 1.50 bits per heavy atom. The van der Waals surface area contributed by atoms with Crippen molar-refractivity contribution in [3.05, 3.63) is 35.9 Å². The third kappa shape index (κ3) is 4.82. The third-order valence-corrected chi connectivity index (χ3v) is 2.03. The minimum atomic E-state index is -2.90. The monoisotopic (exact) mass is 257 g/mol. The van der Waals surface area contributed by atoms with E-state index in [4.69, 9.17) is 5.11 Å². The lowest BCUT2D eigenvalue weighted by atomic mass is 10.2. The number of para-hydroxylation sites is 2. The number of anilines is 1. The molecule has 0 saturated heterocycles. The van der Waals surface area contributed by atoms with Crippen LogP contribution in [0.4, 0.5) is 14.5 Å². The molecule has 2 N–H and O–H groups in total. The Kier molecular flexibility index (Phi) is 5.10. The zero-order valence-electron chi connectivity index (χ0n) is 9.69. The van der Waals surface area contributed by atoms with Crippen LogP contribution in [0.2, 0.25) is 0 Å². The molecule has 0 radical (unpaired) electrons. The predicted octanol–water partition coefficient (Wildman–Crippen LogP) is 2.73. The Labute approximate surface area is 103 Å². The van der Waals surface area contributed by atoms with Crippen molar-refractivity contribution in [2.24, 2.45) is 0 Å². The Balaban J connectivity index is 2.69. The average Bonchev–Trinajstić information content (AvgIpc) is 2.26. The topological polar surface area (TPSA) is 58.6 Å². The highest BCUT2D eigenvalue weighted by atomic mass is 19.3. The second kappa shape index (κ2) is 6.58. The first-order valence-corrected chi connectivity index (χ1v) is 5.17. The summed E-state index contributed by atoms with van der Waals surface area (Å²) < 4.78 is 28.6. The number of nitrogens with one attached hydrogen (secondary N) is 1. The lowest BCUT2D eigenvalue weighted by Crippen LogP contribution is -2.08. The molecule has 0 atom stereocenters. The largest absolute Gasteiger partial charge is 0.478 e. The summed E-state index contributed by atoms with van der Waals surface area (Å²) in [5.74, 6) is -1.03. The van der Waals surface area contributed by atoms with Crippen LogP contribution in [0.5, 0.6) is 5.75 Å². The van der Waals surface area contributed by atoms with E-state index >= 15 is 0 Å². The fourth-order valence-electron chi connectivity index (χ4n) is 1.31. The van der Waals surface area contributed by atoms with Crippen molar-refractivity contribution >= 4 is 11.7 Å². The lowest BCUT2D eigenvalue weighted by Gasteiger charge is -2.12. The molecule has 1 aromatic carbocycles. The van der Waals surface area contributed by atoms with E-state index in [1.54, 1.807) is 25.1 Å². The van der Waals surface area contributed by atoms with Crippen molar-refractivity contribution < 1.29 is 23.4 Å². The fourth-order valence-corrected chi connectivity index (χ4v) is 1.31. The van der Waals surface area contributed by atoms with E-state index in [-0.39, 0.29) is 12.3 Å². The molecular formula is C12H13F2NO3. The van der Waals surface area contributed by atoms with Crippen LogP contribution in [0.25, 0.3) is 0 Å². The van der Waals surface area contributed by atoms with Crippen molar-refractivity contribution in [1.29, 1.82) is 0 Å². The molecule has 18 heavy (non-hydrogen) atoms. The van der Waals surface area contributed by atoms with Gasteiger partial charge in [0.15, 0.2) is 0 Å². The van der Waals surface area contributed by atoms with Gasteiger partial charge in [-0.05, 0) is 24.6 Å². The van der Waals surface area contributed by atoms with E-state index in [1.807, 2.05) is 0 Å². The number of alkyl halides is 2. The number of carbonyl (C=O) groups is 1. The van der Waals surface area contributed by atoms with Gasteiger partial charge in [0, 0.05) is 12.6 Å². The summed E-state index contributed by atoms with van der Waals surface area (Å²) in [5.41, 5.74) is 0.949. The number of benzene rings is 1. The molecular weight excluding hydrogens is 244 g/mol. The summed E-state index contributed by atoms with van der Waals surface area (Å²) in [4.78, 5) is 10.4. The quantitative estimate of drug-likeness (QED) is 0.769. The molecule has 0 unspecified atom stereocenters. The molecule has 0 bridgehead atoms. The van der Waals surface area contributed by atoms with Crippen molar-refractivity contribution in [2.75, 3.05) is 11.9 Å². The number of hydrogen-bond donors (Lipinski definition) is 2. The molecule has 0 amide bonds. The maximum Gasteiger partial charge on any atom is 0.387 e. The molecule has 1 rings (SSSR count). The summed E-state index contributed by atoms with van der Waals surface area (Å²) in [6, 6.07) is 6.22. The second-order valence-electron chi connectivity index (χ2n) is 3.56. The van der Waals surface area contributed by atoms with Crippen LogP contribution in [0.3, 0.4) is 0 Å². The van der Waals surface area contributed by atoms with Gasteiger partial charge >= 0.3 is 12.6 Å². The van der Waals surface area contributed by atoms with Gasteiger partial charge in [-0.15, -0.1) is 0 Å². The van der Waals surface area contributed by atoms with E-state index in [9.17, 15) is 13.6 Å². The summed E-state index contributed by atoms with van der Waals surface area (Å²) in [6.07, 6.45) is 1.05. The highest BCUT2D eigenvalue weighted by molar-refractivity contribution is 5.80. The van der Waals surface area contributed by atoms with Gasteiger partial charge < -0.3 is 15.2 Å². The first-order valence-electron chi connectivity index (χ1n) is 5.17. The number of hydrogen-bond acceptors (Lipinski definition) is 3. The van der Waals surface area contributed by atoms with Crippen molar-refractivity contribution in [1.82, 2.24) is 0 Å². The van der Waals surface area contributed by atoms with Gasteiger partial charge in [0.1, 0.15) is 5.75 Å². The predicted molar refractivity (Wildman–Crippen MR) is 63.0 cm³/mol. The molecule has 0 aromatic heterocycles. The van der Waals surface area contributed by atoms with E-state index in [0.29, 0.717) is 11.3 Å². The van der Waals surface area contributed by atoms with Crippen LogP contribution < -0.4 is 10.1 Å². The molecule has 6 heteroatoms. The van der Waals surface area contributed by atoms with Crippen LogP contribution in [0.15, 0.2) is 35.9 Å². The number of aliphatic carboxylic acids is 1. The van der Waals surface area contributed by atoms with Crippen LogP contribution in [-0.2, 0) is 4.79 Å². The van der Waals surface area contributed by atoms with Crippen LogP contribution in [0, 0.1) is 0 Å². The first kappa shape index (κ1) is 14.0. The molecule has 0 spiro atoms. The van der Waals surface area contributed by atoms with Crippen LogP contribution >= 0.6 is 0 Å². The smallest absolute Gasteiger partial charge is 0.387 e. The Morgan fingerprint density at radius 2 is 2.17 bits per heavy atom. The lowest BCUT2D eigenvalue weighted by molar-refractivity contribution is -0.131. The van der Waals surface area contributed by atoms with E-state index in [2.05, 4.69) is 10.1 Å². The van der Waals surface area contributed by atoms with Gasteiger partial charge in [-0.3, -0.25) is 0 Å². The first-order chi connectivity index (χ1) is 8.49. The van der Waals surface area contributed by atoms with Gasteiger partial charge in [-0.25, -0.2) is 4.79 Å². The highest BCUT2D eigenvalue weighted by Crippen LogP contribution is 2.25. The Morgan fingerprint density at radius 3 is 2.78 bits per heavy atom. The second-order valence-corrected chi connectivity index (χ2v) is 3.56. The van der Waals surface area contributed by atoms with Gasteiger partial charge in [0.2, 0.25) is 0 Å². The number of halogens is 2. The molecule has 1 aromatic rings. The standard InChI is InChI=1S/C12H13F2NO3/c1-8(6-11(16)17)7-15-9-4-2-3-5-10(9)18-12(13)14/h2-6,12,15H,7H2,1H3,(H,16,17)/b8-6-. The minimum absolute atomic E-state index is 0.0237. The molecule has 0 aliphatic rings. The van der Waals surface area contributed by atoms with Gasteiger partial charge in [0.05, 0.1) is 5.69 Å². The molecule has 98 valence electrons. The fraction of sp³-hybridized carbons (Fsp3) is 0.250. The maximum atomic E-state index is 12.1. The van der Waals surface area contributed by atoms with Crippen molar-refractivity contribution in [3.8, 4) is 5.75 Å². The third-order valence-electron chi connectivity index (χ3n) is 2.03. The highest BCUT2D eigenvalue weighted by Gasteiger charge is 2.08. The molecule has 0 aliphatic heterocycles. The van der Waals surface area contributed by atoms with Crippen molar-refractivity contribution in [2.45, 2.75) is 13.5 Å². The molecule has 0 fully saturated rings. The van der Waals surface area contributed by atoms with Gasteiger partial charge in [0.25, 0.3) is 0 Å². The zero-order chi connectivity index (χ0) is 13.5. The van der Waals surface area contributed by atoms with E-state index < -0.39 is 12.6 Å². The van der Waals surface area contributed by atoms with E-state index in [0.717, 1.165) is 6.08 Å². The summed E-state index contributed by atoms with van der Waals surface area (Å²) >= 11 is 0. The van der Waals surface area contributed by atoms with Gasteiger partial charge in [-0.1, -0.05) is 12.1 Å². The maximum absolute atomic E-state index is 12.1. The summed E-state index contributed by atoms with van der Waals surface area (Å²) in [7, 11) is 0. The molecule has 0 aliphatic carbocycles. The summed E-state index contributed by atoms with van der Waals surface area (Å²) in [5, 5.41) is 11.4. The van der Waals surface area contributed by atoms with Crippen molar-refractivity contribution in [3.63, 3.8) is 0 Å². The number of carboxylic acid groups (broad SMARTS) is 1. The normalized spacial score (nSPS) is 11.4. The number of carboxylic acids is 1. The average molecular weight is 257 g/mol. The zero-order valence-corrected chi connectivity index (χ0v) is 9.69. The molecule has 0 saturated carbocycles. The van der Waals surface area contributed by atoms with Crippen LogP contribution in [0.1, 0.15) is 6.92 Å². The SMILES string of the molecule is C/C(=C/C(=O)O)CNc1ccccc1OC(F)F. The Bertz CT molecular complexity index is 447. The number of rotatable bonds is 6. The minimum Gasteiger partial charge on any atom is -0.478 e. The van der Waals surface area contributed by atoms with E-state index in [1.165, 1.54) is 6.07 Å². The number of ether oxygens (including phenoxy) is 1. The Hall–Kier alpha value is -2.11. The van der Waals surface area contributed by atoms with Crippen LogP contribution in [-0.4, -0.2) is 24.2 Å². The molecule has 0 heterocycles.